The van der Waals surface area contributed by atoms with E-state index in [1.807, 2.05) is 0 Å². The van der Waals surface area contributed by atoms with Gasteiger partial charge in [-0.3, -0.25) is 0 Å². The molecule has 0 radical (unpaired) electrons. The minimum atomic E-state index is -1.17. The van der Waals surface area contributed by atoms with E-state index in [2.05, 4.69) is 135 Å². The lowest BCUT2D eigenvalue weighted by Crippen LogP contribution is -2.33. The van der Waals surface area contributed by atoms with Gasteiger partial charge in [0.15, 0.2) is 5.71 Å². The predicted octanol–water partition coefficient (Wildman–Crippen LogP) is 11.0. The smallest absolute Gasteiger partial charge is 0.259 e. The van der Waals surface area contributed by atoms with Gasteiger partial charge in [-0.2, -0.15) is 9.84 Å². The Morgan fingerprint density at radius 1 is 0.885 bits per heavy atom. The van der Waals surface area contributed by atoms with Crippen molar-refractivity contribution in [2.45, 2.75) is 136 Å². The molecule has 0 aromatic heterocycles. The lowest BCUT2D eigenvalue weighted by Gasteiger charge is -2.35. The molecule has 4 aliphatic rings. The average molecular weight is 722 g/mol. The van der Waals surface area contributed by atoms with Crippen molar-refractivity contribution < 1.29 is 13.6 Å². The standard InChI is InChI=1S/C45H62N4O2P/c1-34(2)49(35(3)4)52(51-33-19-29-46)50-32-14-9-8-13-28-45(7)39-25-16-21-37-23-18-31-48(43(37)39)41(45)27-12-10-11-26-40-44(5,6)38-24-15-20-36-22-17-30-47(40)42(36)38/h10-12,15-16,20-21,24-27,34-35H,8-9,13-14,17-19,22-23,28,30-33H2,1-7H3/q+1. The van der Waals surface area contributed by atoms with Crippen LogP contribution >= 0.6 is 8.53 Å². The highest BCUT2D eigenvalue weighted by Gasteiger charge is 2.47. The van der Waals surface area contributed by atoms with Crippen molar-refractivity contribution in [1.82, 2.24) is 4.67 Å². The molecule has 0 saturated heterocycles. The van der Waals surface area contributed by atoms with Gasteiger partial charge in [0.05, 0.1) is 31.1 Å². The predicted molar refractivity (Wildman–Crippen MR) is 218 cm³/mol. The Morgan fingerprint density at radius 3 is 2.37 bits per heavy atom. The molecule has 2 atom stereocenters. The van der Waals surface area contributed by atoms with Crippen LogP contribution in [0.25, 0.3) is 0 Å². The van der Waals surface area contributed by atoms with Gasteiger partial charge in [-0.25, -0.2) is 4.67 Å². The number of rotatable bonds is 17. The number of benzene rings is 2. The molecule has 2 aromatic carbocycles. The third-order valence-corrected chi connectivity index (χ3v) is 13.8. The number of nitriles is 1. The summed E-state index contributed by atoms with van der Waals surface area (Å²) in [6.07, 6.45) is 22.4. The SMILES string of the molecule is CC(C)N(C(C)C)P(OCCC#N)OCCCCCCC1(C)C(=CC=CC=CC2=[N+]3CCCc4cccc(c43)C2(C)C)N2CCCc3cccc1c32. The van der Waals surface area contributed by atoms with Crippen molar-refractivity contribution in [3.8, 4) is 6.07 Å². The van der Waals surface area contributed by atoms with Crippen LogP contribution in [0.2, 0.25) is 0 Å². The first kappa shape index (κ1) is 38.6. The Kier molecular flexibility index (Phi) is 12.6. The van der Waals surface area contributed by atoms with E-state index >= 15 is 0 Å². The van der Waals surface area contributed by atoms with Crippen molar-refractivity contribution in [3.63, 3.8) is 0 Å². The molecule has 6 rings (SSSR count). The molecule has 6 nitrogen and oxygen atoms in total. The highest BCUT2D eigenvalue weighted by Crippen LogP contribution is 2.54. The highest BCUT2D eigenvalue weighted by molar-refractivity contribution is 7.44. The van der Waals surface area contributed by atoms with E-state index in [1.54, 1.807) is 0 Å². The van der Waals surface area contributed by atoms with Gasteiger partial charge in [0.25, 0.3) is 8.53 Å². The first-order valence-electron chi connectivity index (χ1n) is 20.0. The minimum absolute atomic E-state index is 0.00773. The second-order valence-electron chi connectivity index (χ2n) is 16.3. The lowest BCUT2D eigenvalue weighted by atomic mass is 9.76. The van der Waals surface area contributed by atoms with Crippen molar-refractivity contribution in [3.05, 3.63) is 94.7 Å². The van der Waals surface area contributed by atoms with E-state index in [0.717, 1.165) is 32.4 Å². The second kappa shape index (κ2) is 16.9. The van der Waals surface area contributed by atoms with E-state index in [-0.39, 0.29) is 10.8 Å². The molecular formula is C45H62N4O2P+. The first-order chi connectivity index (χ1) is 25.1. The Morgan fingerprint density at radius 2 is 1.60 bits per heavy atom. The van der Waals surface area contributed by atoms with Crippen molar-refractivity contribution in [1.29, 1.82) is 5.26 Å². The largest absolute Gasteiger partial charge is 0.344 e. The number of hydrogen-bond donors (Lipinski definition) is 0. The maximum Gasteiger partial charge on any atom is 0.259 e. The van der Waals surface area contributed by atoms with Gasteiger partial charge in [-0.05, 0) is 97.8 Å². The summed E-state index contributed by atoms with van der Waals surface area (Å²) in [6.45, 7) is 19.3. The summed E-state index contributed by atoms with van der Waals surface area (Å²) in [4.78, 5) is 2.64. The summed E-state index contributed by atoms with van der Waals surface area (Å²) >= 11 is 0. The second-order valence-corrected chi connectivity index (χ2v) is 17.8. The Balaban J connectivity index is 1.11. The molecule has 0 spiro atoms. The maximum atomic E-state index is 9.02. The third-order valence-electron chi connectivity index (χ3n) is 11.7. The highest BCUT2D eigenvalue weighted by atomic mass is 31.2. The lowest BCUT2D eigenvalue weighted by molar-refractivity contribution is -0.443. The van der Waals surface area contributed by atoms with Crippen LogP contribution in [0.4, 0.5) is 11.4 Å². The normalized spacial score (nSPS) is 21.7. The molecular weight excluding hydrogens is 659 g/mol. The van der Waals surface area contributed by atoms with E-state index in [9.17, 15) is 0 Å². The summed E-state index contributed by atoms with van der Waals surface area (Å²) in [6, 6.07) is 16.8. The van der Waals surface area contributed by atoms with Gasteiger partial charge in [0, 0.05) is 59.1 Å². The first-order valence-corrected chi connectivity index (χ1v) is 21.2. The van der Waals surface area contributed by atoms with Gasteiger partial charge in [-0.1, -0.05) is 73.9 Å². The molecule has 4 heterocycles. The van der Waals surface area contributed by atoms with E-state index < -0.39 is 8.53 Å². The molecule has 0 amide bonds. The van der Waals surface area contributed by atoms with Gasteiger partial charge in [0.2, 0.25) is 5.69 Å². The van der Waals surface area contributed by atoms with Crippen LogP contribution in [0.1, 0.15) is 122 Å². The van der Waals surface area contributed by atoms with Crippen LogP contribution in [-0.4, -0.2) is 53.3 Å². The number of allylic oxidation sites excluding steroid dienone is 6. The number of hydrogen-bond acceptors (Lipinski definition) is 5. The molecule has 0 bridgehead atoms. The number of nitrogens with zero attached hydrogens (tertiary/aromatic N) is 4. The van der Waals surface area contributed by atoms with Crippen LogP contribution in [-0.2, 0) is 32.7 Å². The van der Waals surface area contributed by atoms with Crippen LogP contribution in [0, 0.1) is 11.3 Å². The Bertz CT molecular complexity index is 1740. The molecule has 0 N–H and O–H groups in total. The average Bonchev–Trinajstić information content (AvgIpc) is 3.49. The van der Waals surface area contributed by atoms with Crippen LogP contribution in [0.5, 0.6) is 0 Å². The van der Waals surface area contributed by atoms with Gasteiger partial charge < -0.3 is 13.9 Å². The van der Waals surface area contributed by atoms with Gasteiger partial charge in [-0.15, -0.1) is 0 Å². The zero-order chi connectivity index (χ0) is 36.9. The molecule has 0 aliphatic carbocycles. The zero-order valence-corrected chi connectivity index (χ0v) is 33.9. The fourth-order valence-corrected chi connectivity index (χ4v) is 10.9. The molecule has 0 fully saturated rings. The molecule has 0 saturated carbocycles. The minimum Gasteiger partial charge on any atom is -0.344 e. The van der Waals surface area contributed by atoms with Crippen LogP contribution in [0.15, 0.2) is 72.5 Å². The molecule has 4 aliphatic heterocycles. The number of anilines is 1. The fourth-order valence-electron chi connectivity index (χ4n) is 9.23. The Labute approximate surface area is 315 Å². The third kappa shape index (κ3) is 7.76. The van der Waals surface area contributed by atoms with E-state index in [4.69, 9.17) is 14.3 Å². The van der Waals surface area contributed by atoms with E-state index in [1.165, 1.54) is 83.6 Å². The summed E-state index contributed by atoms with van der Waals surface area (Å²) < 4.78 is 17.3. The monoisotopic (exact) mass is 721 g/mol. The molecule has 2 aromatic rings. The molecule has 52 heavy (non-hydrogen) atoms. The zero-order valence-electron chi connectivity index (χ0n) is 33.0. The summed E-state index contributed by atoms with van der Waals surface area (Å²) in [7, 11) is -1.17. The molecule has 278 valence electrons. The molecule has 7 heteroatoms. The van der Waals surface area contributed by atoms with Crippen LogP contribution in [0.3, 0.4) is 0 Å². The maximum absolute atomic E-state index is 9.02. The summed E-state index contributed by atoms with van der Waals surface area (Å²) in [5.41, 5.74) is 11.8. The quantitative estimate of drug-likeness (QED) is 0.0704. The van der Waals surface area contributed by atoms with Gasteiger partial charge >= 0.3 is 0 Å². The van der Waals surface area contributed by atoms with Crippen LogP contribution < -0.4 is 4.90 Å². The fraction of sp³-hybridized carbons (Fsp3) is 0.556. The van der Waals surface area contributed by atoms with Crippen molar-refractivity contribution in [2.24, 2.45) is 0 Å². The van der Waals surface area contributed by atoms with Crippen molar-refractivity contribution >= 4 is 25.6 Å². The topological polar surface area (TPSA) is 51.7 Å². The Hall–Kier alpha value is -3.07. The summed E-state index contributed by atoms with van der Waals surface area (Å²) in [5.74, 6) is 0. The molecule has 2 unspecified atom stereocenters. The van der Waals surface area contributed by atoms with Crippen molar-refractivity contribution in [2.75, 3.05) is 31.2 Å². The number of unbranched alkanes of at least 4 members (excludes halogenated alkanes) is 3. The number of aryl methyl sites for hydroxylation is 2. The van der Waals surface area contributed by atoms with Gasteiger partial charge in [0.1, 0.15) is 6.54 Å². The summed E-state index contributed by atoms with van der Waals surface area (Å²) in [5, 5.41) is 9.02. The number of para-hydroxylation sites is 2. The van der Waals surface area contributed by atoms with E-state index in [0.29, 0.717) is 31.7 Å².